The molecule has 1 heterocycles. The van der Waals surface area contributed by atoms with Gasteiger partial charge in [-0.15, -0.1) is 0 Å². The zero-order chi connectivity index (χ0) is 16.9. The Kier molecular flexibility index (Phi) is 4.75. The number of aromatic nitrogens is 2. The topological polar surface area (TPSA) is 49.8 Å². The maximum Gasteiger partial charge on any atom is 0.229 e. The highest BCUT2D eigenvalue weighted by molar-refractivity contribution is 5.59. The highest BCUT2D eigenvalue weighted by atomic mass is 15.1. The second-order valence-electron chi connectivity index (χ2n) is 5.99. The van der Waals surface area contributed by atoms with Gasteiger partial charge in [0.15, 0.2) is 0 Å². The number of hydrogen-bond acceptors (Lipinski definition) is 4. The van der Waals surface area contributed by atoms with Crippen molar-refractivity contribution in [2.75, 3.05) is 10.6 Å². The molecule has 0 amide bonds. The van der Waals surface area contributed by atoms with Crippen molar-refractivity contribution < 1.29 is 0 Å². The Morgan fingerprint density at radius 3 is 2.54 bits per heavy atom. The molecule has 0 aliphatic carbocycles. The molecule has 0 atom stereocenters. The summed E-state index contributed by atoms with van der Waals surface area (Å²) in [6.07, 6.45) is 1.76. The summed E-state index contributed by atoms with van der Waals surface area (Å²) in [5.41, 5.74) is 5.98. The molecule has 2 aromatic carbocycles. The van der Waals surface area contributed by atoms with E-state index in [1.807, 2.05) is 6.07 Å². The van der Waals surface area contributed by atoms with Crippen LogP contribution in [0, 0.1) is 20.8 Å². The molecule has 0 aliphatic heterocycles. The first-order chi connectivity index (χ1) is 11.6. The highest BCUT2D eigenvalue weighted by Gasteiger charge is 2.04. The van der Waals surface area contributed by atoms with Crippen molar-refractivity contribution in [1.29, 1.82) is 0 Å². The van der Waals surface area contributed by atoms with E-state index in [0.717, 1.165) is 18.1 Å². The van der Waals surface area contributed by atoms with Gasteiger partial charge in [-0.25, -0.2) is 4.98 Å². The van der Waals surface area contributed by atoms with E-state index < -0.39 is 0 Å². The molecule has 2 N–H and O–H groups in total. The van der Waals surface area contributed by atoms with Gasteiger partial charge in [0.2, 0.25) is 5.95 Å². The summed E-state index contributed by atoms with van der Waals surface area (Å²) in [5, 5.41) is 6.65. The third-order valence-electron chi connectivity index (χ3n) is 4.01. The Bertz CT molecular complexity index is 843. The van der Waals surface area contributed by atoms with Gasteiger partial charge in [0.1, 0.15) is 5.82 Å². The van der Waals surface area contributed by atoms with Gasteiger partial charge in [-0.05, 0) is 49.6 Å². The van der Waals surface area contributed by atoms with Gasteiger partial charge in [0.05, 0.1) is 0 Å². The number of benzene rings is 2. The van der Waals surface area contributed by atoms with Gasteiger partial charge in [0.25, 0.3) is 0 Å². The molecule has 0 unspecified atom stereocenters. The van der Waals surface area contributed by atoms with E-state index in [-0.39, 0.29) is 0 Å². The van der Waals surface area contributed by atoms with Gasteiger partial charge in [0, 0.05) is 18.4 Å². The van der Waals surface area contributed by atoms with E-state index in [1.165, 1.54) is 22.3 Å². The molecular weight excluding hydrogens is 296 g/mol. The third-order valence-corrected chi connectivity index (χ3v) is 4.01. The van der Waals surface area contributed by atoms with Crippen LogP contribution in [0.25, 0.3) is 0 Å². The molecule has 3 aromatic rings. The standard InChI is InChI=1S/C20H22N4/c1-14-8-9-18(16(3)12-14)23-20-21-11-10-19(24-20)22-13-17-7-5-4-6-15(17)2/h4-12H,13H2,1-3H3,(H2,21,22,23,24). The minimum Gasteiger partial charge on any atom is -0.366 e. The van der Waals surface area contributed by atoms with Gasteiger partial charge in [-0.2, -0.15) is 4.98 Å². The van der Waals surface area contributed by atoms with Crippen LogP contribution < -0.4 is 10.6 Å². The Balaban J connectivity index is 1.71. The van der Waals surface area contributed by atoms with Crippen LogP contribution in [0.2, 0.25) is 0 Å². The SMILES string of the molecule is Cc1ccc(Nc2nccc(NCc3ccccc3C)n2)c(C)c1. The molecule has 0 radical (unpaired) electrons. The number of rotatable bonds is 5. The van der Waals surface area contributed by atoms with Crippen molar-refractivity contribution in [1.82, 2.24) is 9.97 Å². The summed E-state index contributed by atoms with van der Waals surface area (Å²) >= 11 is 0. The van der Waals surface area contributed by atoms with Gasteiger partial charge in [-0.3, -0.25) is 0 Å². The Morgan fingerprint density at radius 1 is 0.917 bits per heavy atom. The van der Waals surface area contributed by atoms with Crippen molar-refractivity contribution in [2.24, 2.45) is 0 Å². The number of nitrogens with one attached hydrogen (secondary N) is 2. The van der Waals surface area contributed by atoms with Crippen LogP contribution in [-0.4, -0.2) is 9.97 Å². The van der Waals surface area contributed by atoms with E-state index >= 15 is 0 Å². The van der Waals surface area contributed by atoms with Crippen LogP contribution in [0.4, 0.5) is 17.5 Å². The second kappa shape index (κ2) is 7.13. The van der Waals surface area contributed by atoms with E-state index in [9.17, 15) is 0 Å². The first-order valence-corrected chi connectivity index (χ1v) is 8.07. The number of anilines is 3. The third kappa shape index (κ3) is 3.90. The molecule has 0 bridgehead atoms. The smallest absolute Gasteiger partial charge is 0.229 e. The zero-order valence-electron chi connectivity index (χ0n) is 14.3. The number of nitrogens with zero attached hydrogens (tertiary/aromatic N) is 2. The van der Waals surface area contributed by atoms with E-state index in [4.69, 9.17) is 0 Å². The summed E-state index contributed by atoms with van der Waals surface area (Å²) in [6, 6.07) is 16.5. The van der Waals surface area contributed by atoms with Crippen molar-refractivity contribution in [3.05, 3.63) is 77.0 Å². The number of hydrogen-bond donors (Lipinski definition) is 2. The van der Waals surface area contributed by atoms with E-state index in [0.29, 0.717) is 5.95 Å². The van der Waals surface area contributed by atoms with E-state index in [2.05, 4.69) is 83.8 Å². The van der Waals surface area contributed by atoms with Gasteiger partial charge >= 0.3 is 0 Å². The minimum atomic E-state index is 0.594. The van der Waals surface area contributed by atoms with Crippen molar-refractivity contribution in [2.45, 2.75) is 27.3 Å². The van der Waals surface area contributed by atoms with Crippen LogP contribution in [0.5, 0.6) is 0 Å². The lowest BCUT2D eigenvalue weighted by molar-refractivity contribution is 1.07. The van der Waals surface area contributed by atoms with Crippen LogP contribution in [0.1, 0.15) is 22.3 Å². The fraction of sp³-hybridized carbons (Fsp3) is 0.200. The first kappa shape index (κ1) is 16.0. The Hall–Kier alpha value is -2.88. The molecule has 0 fully saturated rings. The lowest BCUT2D eigenvalue weighted by Crippen LogP contribution is -2.05. The highest BCUT2D eigenvalue weighted by Crippen LogP contribution is 2.20. The summed E-state index contributed by atoms with van der Waals surface area (Å²) in [5.74, 6) is 1.40. The molecule has 24 heavy (non-hydrogen) atoms. The maximum atomic E-state index is 4.54. The predicted octanol–water partition coefficient (Wildman–Crippen LogP) is 4.76. The average molecular weight is 318 g/mol. The van der Waals surface area contributed by atoms with Crippen LogP contribution >= 0.6 is 0 Å². The molecule has 122 valence electrons. The predicted molar refractivity (Wildman–Crippen MR) is 99.7 cm³/mol. The molecular formula is C20H22N4. The fourth-order valence-corrected chi connectivity index (χ4v) is 2.59. The number of aryl methyl sites for hydroxylation is 3. The first-order valence-electron chi connectivity index (χ1n) is 8.07. The maximum absolute atomic E-state index is 4.54. The largest absolute Gasteiger partial charge is 0.366 e. The molecule has 4 nitrogen and oxygen atoms in total. The molecule has 0 spiro atoms. The summed E-state index contributed by atoms with van der Waals surface area (Å²) in [7, 11) is 0. The minimum absolute atomic E-state index is 0.594. The van der Waals surface area contributed by atoms with Crippen LogP contribution in [0.15, 0.2) is 54.7 Å². The molecule has 4 heteroatoms. The summed E-state index contributed by atoms with van der Waals surface area (Å²) in [4.78, 5) is 8.85. The Labute approximate surface area is 143 Å². The molecule has 0 saturated carbocycles. The van der Waals surface area contributed by atoms with Crippen molar-refractivity contribution in [3.63, 3.8) is 0 Å². The Morgan fingerprint density at radius 2 is 1.75 bits per heavy atom. The van der Waals surface area contributed by atoms with Crippen LogP contribution in [0.3, 0.4) is 0 Å². The van der Waals surface area contributed by atoms with Crippen molar-refractivity contribution >= 4 is 17.5 Å². The molecule has 3 rings (SSSR count). The lowest BCUT2D eigenvalue weighted by atomic mass is 10.1. The lowest BCUT2D eigenvalue weighted by Gasteiger charge is -2.11. The monoisotopic (exact) mass is 318 g/mol. The normalized spacial score (nSPS) is 10.5. The second-order valence-corrected chi connectivity index (χ2v) is 5.99. The van der Waals surface area contributed by atoms with Crippen molar-refractivity contribution in [3.8, 4) is 0 Å². The van der Waals surface area contributed by atoms with Gasteiger partial charge < -0.3 is 10.6 Å². The van der Waals surface area contributed by atoms with E-state index in [1.54, 1.807) is 6.20 Å². The quantitative estimate of drug-likeness (QED) is 0.712. The van der Waals surface area contributed by atoms with Crippen LogP contribution in [-0.2, 0) is 6.54 Å². The summed E-state index contributed by atoms with van der Waals surface area (Å²) < 4.78 is 0. The fourth-order valence-electron chi connectivity index (χ4n) is 2.59. The summed E-state index contributed by atoms with van der Waals surface area (Å²) in [6.45, 7) is 7.02. The molecule has 1 aromatic heterocycles. The molecule has 0 aliphatic rings. The molecule has 0 saturated heterocycles. The van der Waals surface area contributed by atoms with Gasteiger partial charge in [-0.1, -0.05) is 42.0 Å². The zero-order valence-corrected chi connectivity index (χ0v) is 14.3. The average Bonchev–Trinajstić information content (AvgIpc) is 2.57.